The predicted molar refractivity (Wildman–Crippen MR) is 84.6 cm³/mol. The average molecular weight is 286 g/mol. The fourth-order valence-corrected chi connectivity index (χ4v) is 3.82. The Morgan fingerprint density at radius 1 is 0.952 bits per heavy atom. The molecule has 0 bridgehead atoms. The summed E-state index contributed by atoms with van der Waals surface area (Å²) in [4.78, 5) is 12.2. The van der Waals surface area contributed by atoms with Crippen LogP contribution in [0.4, 0.5) is 5.69 Å². The highest BCUT2D eigenvalue weighted by Crippen LogP contribution is 2.44. The molecule has 1 aromatic heterocycles. The van der Waals surface area contributed by atoms with E-state index < -0.39 is 0 Å². The van der Waals surface area contributed by atoms with Gasteiger partial charge in [0, 0.05) is 31.0 Å². The second-order valence-electron chi connectivity index (χ2n) is 7.08. The van der Waals surface area contributed by atoms with E-state index in [1.165, 1.54) is 49.9 Å². The lowest BCUT2D eigenvalue weighted by Crippen LogP contribution is -2.40. The zero-order valence-electron chi connectivity index (χ0n) is 12.8. The molecule has 2 saturated carbocycles. The van der Waals surface area contributed by atoms with E-state index in [0.717, 1.165) is 31.8 Å². The van der Waals surface area contributed by atoms with Gasteiger partial charge in [-0.3, -0.25) is 0 Å². The van der Waals surface area contributed by atoms with Crippen LogP contribution in [0.5, 0.6) is 0 Å². The molecule has 2 heterocycles. The number of nitrogens with zero attached hydrogens (tertiary/aromatic N) is 3. The van der Waals surface area contributed by atoms with Crippen molar-refractivity contribution in [3.8, 4) is 0 Å². The second-order valence-corrected chi connectivity index (χ2v) is 7.08. The minimum absolute atomic E-state index is 0.379. The van der Waals surface area contributed by atoms with Crippen LogP contribution >= 0.6 is 0 Å². The zero-order chi connectivity index (χ0) is 14.2. The Morgan fingerprint density at radius 2 is 1.67 bits per heavy atom. The summed E-state index contributed by atoms with van der Waals surface area (Å²) >= 11 is 0. The van der Waals surface area contributed by atoms with Gasteiger partial charge in [0.25, 0.3) is 0 Å². The number of hydrogen-bond acceptors (Lipinski definition) is 4. The summed E-state index contributed by atoms with van der Waals surface area (Å²) < 4.78 is 0. The highest BCUT2D eigenvalue weighted by atomic mass is 15.2. The highest BCUT2D eigenvalue weighted by Gasteiger charge is 2.32. The van der Waals surface area contributed by atoms with Crippen LogP contribution in [0.15, 0.2) is 6.20 Å². The van der Waals surface area contributed by atoms with E-state index in [0.29, 0.717) is 17.9 Å². The van der Waals surface area contributed by atoms with Crippen LogP contribution in [0.1, 0.15) is 74.7 Å². The maximum atomic E-state index is 6.03. The molecule has 0 atom stereocenters. The molecule has 1 aromatic rings. The van der Waals surface area contributed by atoms with Crippen LogP contribution in [-0.2, 0) is 0 Å². The first-order valence-corrected chi connectivity index (χ1v) is 8.68. The lowest BCUT2D eigenvalue weighted by Gasteiger charge is -2.33. The molecular formula is C17H26N4. The van der Waals surface area contributed by atoms with Crippen LogP contribution in [0.3, 0.4) is 0 Å². The summed E-state index contributed by atoms with van der Waals surface area (Å²) in [5.74, 6) is 2.43. The van der Waals surface area contributed by atoms with Crippen molar-refractivity contribution >= 4 is 5.69 Å². The molecule has 0 amide bonds. The molecule has 2 N–H and O–H groups in total. The van der Waals surface area contributed by atoms with Crippen LogP contribution in [0, 0.1) is 0 Å². The number of hydrogen-bond donors (Lipinski definition) is 1. The third kappa shape index (κ3) is 2.78. The van der Waals surface area contributed by atoms with E-state index in [2.05, 4.69) is 11.1 Å². The summed E-state index contributed by atoms with van der Waals surface area (Å²) in [6.07, 6.45) is 12.2. The first-order chi connectivity index (χ1) is 10.3. The van der Waals surface area contributed by atoms with Crippen molar-refractivity contribution < 1.29 is 0 Å². The zero-order valence-corrected chi connectivity index (χ0v) is 12.8. The molecule has 114 valence electrons. The Balaban J connectivity index is 1.60. The van der Waals surface area contributed by atoms with Gasteiger partial charge in [-0.1, -0.05) is 12.8 Å². The first kappa shape index (κ1) is 13.5. The third-order valence-electron chi connectivity index (χ3n) is 5.38. The SMILES string of the molecule is NC1CCN(c2cnc(C3CCCC3)nc2C2CC2)CC1. The molecule has 21 heavy (non-hydrogen) atoms. The summed E-state index contributed by atoms with van der Waals surface area (Å²) in [5, 5.41) is 0. The van der Waals surface area contributed by atoms with Crippen molar-refractivity contribution in [2.45, 2.75) is 69.2 Å². The van der Waals surface area contributed by atoms with Gasteiger partial charge in [0.1, 0.15) is 5.82 Å². The number of anilines is 1. The summed E-state index contributed by atoms with van der Waals surface area (Å²) in [6, 6.07) is 0.379. The minimum atomic E-state index is 0.379. The molecule has 4 nitrogen and oxygen atoms in total. The topological polar surface area (TPSA) is 55.0 Å². The molecule has 1 aliphatic heterocycles. The van der Waals surface area contributed by atoms with E-state index in [1.54, 1.807) is 0 Å². The van der Waals surface area contributed by atoms with Gasteiger partial charge < -0.3 is 10.6 Å². The highest BCUT2D eigenvalue weighted by molar-refractivity contribution is 5.52. The van der Waals surface area contributed by atoms with Crippen molar-refractivity contribution in [2.75, 3.05) is 18.0 Å². The average Bonchev–Trinajstić information content (AvgIpc) is 3.22. The van der Waals surface area contributed by atoms with Crippen LogP contribution < -0.4 is 10.6 Å². The molecule has 2 aliphatic carbocycles. The summed E-state index contributed by atoms with van der Waals surface area (Å²) in [6.45, 7) is 2.13. The summed E-state index contributed by atoms with van der Waals surface area (Å²) in [5.41, 5.74) is 8.67. The predicted octanol–water partition coefficient (Wildman–Crippen LogP) is 2.94. The Bertz CT molecular complexity index is 498. The smallest absolute Gasteiger partial charge is 0.131 e. The van der Waals surface area contributed by atoms with E-state index in [9.17, 15) is 0 Å². The van der Waals surface area contributed by atoms with Gasteiger partial charge in [-0.2, -0.15) is 0 Å². The van der Waals surface area contributed by atoms with E-state index >= 15 is 0 Å². The van der Waals surface area contributed by atoms with Gasteiger partial charge in [-0.25, -0.2) is 9.97 Å². The molecule has 4 rings (SSSR count). The molecule has 0 aromatic carbocycles. The minimum Gasteiger partial charge on any atom is -0.369 e. The van der Waals surface area contributed by atoms with E-state index in [4.69, 9.17) is 15.7 Å². The second kappa shape index (κ2) is 5.56. The Morgan fingerprint density at radius 3 is 2.33 bits per heavy atom. The quantitative estimate of drug-likeness (QED) is 0.928. The van der Waals surface area contributed by atoms with Crippen molar-refractivity contribution in [2.24, 2.45) is 5.73 Å². The normalized spacial score (nSPS) is 24.7. The van der Waals surface area contributed by atoms with Gasteiger partial charge in [-0.15, -0.1) is 0 Å². The lowest BCUT2D eigenvalue weighted by molar-refractivity contribution is 0.499. The molecule has 3 fully saturated rings. The largest absolute Gasteiger partial charge is 0.369 e. The van der Waals surface area contributed by atoms with Crippen LogP contribution in [-0.4, -0.2) is 29.1 Å². The molecule has 0 radical (unpaired) electrons. The number of rotatable bonds is 3. The number of nitrogens with two attached hydrogens (primary N) is 1. The van der Waals surface area contributed by atoms with Crippen molar-refractivity contribution in [1.82, 2.24) is 9.97 Å². The molecule has 3 aliphatic rings. The molecular weight excluding hydrogens is 260 g/mol. The first-order valence-electron chi connectivity index (χ1n) is 8.68. The standard InChI is InChI=1S/C17H26N4/c18-14-7-9-21(10-8-14)15-11-19-17(13-3-1-2-4-13)20-16(15)12-5-6-12/h11-14H,1-10,18H2. The lowest BCUT2D eigenvalue weighted by atomic mass is 10.0. The van der Waals surface area contributed by atoms with Crippen molar-refractivity contribution in [3.05, 3.63) is 17.7 Å². The Kier molecular flexibility index (Phi) is 3.57. The molecule has 0 spiro atoms. The molecule has 1 saturated heterocycles. The van der Waals surface area contributed by atoms with Crippen molar-refractivity contribution in [1.29, 1.82) is 0 Å². The Hall–Kier alpha value is -1.16. The fraction of sp³-hybridized carbons (Fsp3) is 0.765. The van der Waals surface area contributed by atoms with Crippen LogP contribution in [0.2, 0.25) is 0 Å². The van der Waals surface area contributed by atoms with Gasteiger partial charge in [0.15, 0.2) is 0 Å². The number of piperidine rings is 1. The van der Waals surface area contributed by atoms with Gasteiger partial charge in [0.2, 0.25) is 0 Å². The Labute approximate surface area is 127 Å². The number of aromatic nitrogens is 2. The van der Waals surface area contributed by atoms with Gasteiger partial charge >= 0.3 is 0 Å². The van der Waals surface area contributed by atoms with E-state index in [1.807, 2.05) is 0 Å². The maximum absolute atomic E-state index is 6.03. The third-order valence-corrected chi connectivity index (χ3v) is 5.38. The monoisotopic (exact) mass is 286 g/mol. The summed E-state index contributed by atoms with van der Waals surface area (Å²) in [7, 11) is 0. The van der Waals surface area contributed by atoms with E-state index in [-0.39, 0.29) is 0 Å². The van der Waals surface area contributed by atoms with Crippen molar-refractivity contribution in [3.63, 3.8) is 0 Å². The molecule has 4 heteroatoms. The molecule has 0 unspecified atom stereocenters. The van der Waals surface area contributed by atoms with Crippen LogP contribution in [0.25, 0.3) is 0 Å². The maximum Gasteiger partial charge on any atom is 0.131 e. The fourth-order valence-electron chi connectivity index (χ4n) is 3.82. The van der Waals surface area contributed by atoms with Gasteiger partial charge in [0.05, 0.1) is 17.6 Å². The van der Waals surface area contributed by atoms with Gasteiger partial charge in [-0.05, 0) is 38.5 Å².